The number of sulfonamides is 1. The highest BCUT2D eigenvalue weighted by Crippen LogP contribution is 2.29. The van der Waals surface area contributed by atoms with E-state index < -0.39 is 28.5 Å². The molecule has 242 valence electrons. The molecule has 0 heterocycles. The summed E-state index contributed by atoms with van der Waals surface area (Å²) in [5, 5.41) is 3.45. The van der Waals surface area contributed by atoms with Gasteiger partial charge in [-0.3, -0.25) is 13.9 Å². The number of rotatable bonds is 14. The minimum absolute atomic E-state index is 0.0128. The summed E-state index contributed by atoms with van der Waals surface area (Å²) in [5.74, 6) is -0.656. The first-order valence-electron chi connectivity index (χ1n) is 15.5. The summed E-state index contributed by atoms with van der Waals surface area (Å²) in [4.78, 5) is 30.1. The maximum atomic E-state index is 14.6. The third-order valence-electron chi connectivity index (χ3n) is 7.78. The number of hydrogen-bond donors (Lipinski definition) is 1. The minimum Gasteiger partial charge on any atom is -0.354 e. The Hall–Kier alpha value is -4.14. The minimum atomic E-state index is -4.18. The number of para-hydroxylation sites is 1. The van der Waals surface area contributed by atoms with Gasteiger partial charge in [-0.1, -0.05) is 117 Å². The fraction of sp³-hybridized carbons (Fsp3) is 0.297. The number of aryl methyl sites for hydroxylation is 2. The van der Waals surface area contributed by atoms with Gasteiger partial charge in [0.05, 0.1) is 10.6 Å². The number of nitrogens with one attached hydrogen (secondary N) is 1. The van der Waals surface area contributed by atoms with Crippen LogP contribution in [0.15, 0.2) is 108 Å². The average molecular weight is 660 g/mol. The molecule has 0 unspecified atom stereocenters. The maximum absolute atomic E-state index is 14.6. The molecule has 46 heavy (non-hydrogen) atoms. The van der Waals surface area contributed by atoms with Crippen LogP contribution in [0.1, 0.15) is 43.0 Å². The molecule has 1 N–H and O–H groups in total. The first-order chi connectivity index (χ1) is 22.0. The van der Waals surface area contributed by atoms with Gasteiger partial charge in [-0.2, -0.15) is 0 Å². The van der Waals surface area contributed by atoms with Crippen molar-refractivity contribution in [2.45, 2.75) is 58.0 Å². The summed E-state index contributed by atoms with van der Waals surface area (Å²) in [7, 11) is -4.18. The van der Waals surface area contributed by atoms with Gasteiger partial charge in [-0.25, -0.2) is 8.42 Å². The quantitative estimate of drug-likeness (QED) is 0.161. The molecule has 0 fully saturated rings. The van der Waals surface area contributed by atoms with Crippen molar-refractivity contribution < 1.29 is 18.0 Å². The van der Waals surface area contributed by atoms with Crippen LogP contribution in [-0.4, -0.2) is 44.3 Å². The van der Waals surface area contributed by atoms with E-state index in [0.717, 1.165) is 16.7 Å². The molecule has 4 aromatic carbocycles. The van der Waals surface area contributed by atoms with E-state index in [4.69, 9.17) is 11.6 Å². The lowest BCUT2D eigenvalue weighted by molar-refractivity contribution is -0.140. The lowest BCUT2D eigenvalue weighted by Crippen LogP contribution is -2.53. The molecule has 0 bridgehead atoms. The normalized spacial score (nSPS) is 12.0. The van der Waals surface area contributed by atoms with Gasteiger partial charge in [0.2, 0.25) is 11.8 Å². The Balaban J connectivity index is 1.83. The monoisotopic (exact) mass is 659 g/mol. The predicted octanol–water partition coefficient (Wildman–Crippen LogP) is 6.82. The first-order valence-corrected chi connectivity index (χ1v) is 17.3. The highest BCUT2D eigenvalue weighted by atomic mass is 35.5. The van der Waals surface area contributed by atoms with Gasteiger partial charge in [-0.05, 0) is 60.2 Å². The number of nitrogens with zero attached hydrogens (tertiary/aromatic N) is 2. The van der Waals surface area contributed by atoms with Crippen LogP contribution in [0.5, 0.6) is 0 Å². The Morgan fingerprint density at radius 3 is 2.07 bits per heavy atom. The summed E-state index contributed by atoms with van der Waals surface area (Å²) in [6.07, 6.45) is 0.791. The molecule has 0 radical (unpaired) electrons. The Kier molecular flexibility index (Phi) is 12.0. The van der Waals surface area contributed by atoms with Gasteiger partial charge < -0.3 is 10.2 Å². The molecular weight excluding hydrogens is 618 g/mol. The molecule has 4 aromatic rings. The van der Waals surface area contributed by atoms with Crippen LogP contribution in [0, 0.1) is 12.8 Å². The van der Waals surface area contributed by atoms with Crippen LogP contribution in [0.2, 0.25) is 5.02 Å². The van der Waals surface area contributed by atoms with Gasteiger partial charge in [0.15, 0.2) is 0 Å². The number of amides is 2. The molecule has 4 rings (SSSR count). The van der Waals surface area contributed by atoms with E-state index >= 15 is 0 Å². The molecule has 0 saturated carbocycles. The van der Waals surface area contributed by atoms with Gasteiger partial charge in [0.1, 0.15) is 12.6 Å². The van der Waals surface area contributed by atoms with Crippen LogP contribution < -0.4 is 9.62 Å². The zero-order valence-electron chi connectivity index (χ0n) is 26.8. The molecule has 1 atom stereocenters. The third kappa shape index (κ3) is 8.77. The molecule has 0 aliphatic heterocycles. The van der Waals surface area contributed by atoms with Crippen molar-refractivity contribution in [1.82, 2.24) is 10.2 Å². The summed E-state index contributed by atoms with van der Waals surface area (Å²) in [5.41, 5.74) is 3.62. The van der Waals surface area contributed by atoms with Crippen molar-refractivity contribution in [3.8, 4) is 0 Å². The third-order valence-corrected chi connectivity index (χ3v) is 9.93. The SMILES string of the molecule is CCc1ccccc1N(CC(=O)N(Cc1ccccc1Cl)[C@H](Cc1ccccc1)C(=O)NCC(C)C)S(=O)(=O)c1ccc(C)cc1. The second-order valence-electron chi connectivity index (χ2n) is 11.8. The van der Waals surface area contributed by atoms with E-state index in [0.29, 0.717) is 29.2 Å². The standard InChI is InChI=1S/C37H42ClN3O4S/c1-5-30-15-10-12-18-34(30)41(46(44,45)32-21-19-28(4)20-22-32)26-36(42)40(25-31-16-9-11-17-33(31)38)35(37(43)39-24-27(2)3)23-29-13-7-6-8-14-29/h6-22,27,35H,5,23-26H2,1-4H3,(H,39,43)/t35-/m1/s1. The van der Waals surface area contributed by atoms with Crippen molar-refractivity contribution >= 4 is 39.1 Å². The van der Waals surface area contributed by atoms with E-state index in [2.05, 4.69) is 5.32 Å². The number of halogens is 1. The summed E-state index contributed by atoms with van der Waals surface area (Å²) in [6.45, 7) is 7.75. The molecule has 0 saturated heterocycles. The number of hydrogen-bond acceptors (Lipinski definition) is 4. The van der Waals surface area contributed by atoms with Crippen LogP contribution in [0.25, 0.3) is 0 Å². The molecule has 0 aromatic heterocycles. The number of anilines is 1. The van der Waals surface area contributed by atoms with Gasteiger partial charge in [-0.15, -0.1) is 0 Å². The maximum Gasteiger partial charge on any atom is 0.264 e. The molecule has 9 heteroatoms. The zero-order chi connectivity index (χ0) is 33.3. The largest absolute Gasteiger partial charge is 0.354 e. The highest BCUT2D eigenvalue weighted by Gasteiger charge is 2.35. The summed E-state index contributed by atoms with van der Waals surface area (Å²) >= 11 is 6.58. The highest BCUT2D eigenvalue weighted by molar-refractivity contribution is 7.92. The van der Waals surface area contributed by atoms with Crippen molar-refractivity contribution in [2.24, 2.45) is 5.92 Å². The Morgan fingerprint density at radius 2 is 1.43 bits per heavy atom. The Bertz CT molecular complexity index is 1730. The van der Waals surface area contributed by atoms with Crippen molar-refractivity contribution in [3.05, 3.63) is 130 Å². The second kappa shape index (κ2) is 15.9. The number of carbonyl (C=O) groups excluding carboxylic acids is 2. The van der Waals surface area contributed by atoms with E-state index in [-0.39, 0.29) is 29.7 Å². The summed E-state index contributed by atoms with van der Waals surface area (Å²) in [6, 6.07) is 29.5. The van der Waals surface area contributed by atoms with E-state index in [1.54, 1.807) is 54.6 Å². The smallest absolute Gasteiger partial charge is 0.264 e. The zero-order valence-corrected chi connectivity index (χ0v) is 28.4. The molecule has 0 aliphatic carbocycles. The molecule has 0 spiro atoms. The topological polar surface area (TPSA) is 86.8 Å². The first kappa shape index (κ1) is 34.7. The molecular formula is C37H42ClN3O4S. The number of benzene rings is 4. The van der Waals surface area contributed by atoms with Gasteiger partial charge in [0.25, 0.3) is 10.0 Å². The van der Waals surface area contributed by atoms with E-state index in [1.807, 2.05) is 76.2 Å². The fourth-order valence-electron chi connectivity index (χ4n) is 5.19. The van der Waals surface area contributed by atoms with Crippen molar-refractivity contribution in [3.63, 3.8) is 0 Å². The van der Waals surface area contributed by atoms with Crippen LogP contribution in [-0.2, 0) is 39.0 Å². The Labute approximate surface area is 278 Å². The molecule has 0 aliphatic rings. The van der Waals surface area contributed by atoms with E-state index in [1.165, 1.54) is 9.21 Å². The van der Waals surface area contributed by atoms with Gasteiger partial charge in [0, 0.05) is 24.5 Å². The fourth-order valence-corrected chi connectivity index (χ4v) is 6.84. The number of carbonyl (C=O) groups is 2. The Morgan fingerprint density at radius 1 is 0.826 bits per heavy atom. The average Bonchev–Trinajstić information content (AvgIpc) is 3.05. The predicted molar refractivity (Wildman–Crippen MR) is 185 cm³/mol. The van der Waals surface area contributed by atoms with Crippen molar-refractivity contribution in [2.75, 3.05) is 17.4 Å². The van der Waals surface area contributed by atoms with Crippen LogP contribution in [0.3, 0.4) is 0 Å². The van der Waals surface area contributed by atoms with E-state index in [9.17, 15) is 18.0 Å². The lowest BCUT2D eigenvalue weighted by atomic mass is 10.0. The van der Waals surface area contributed by atoms with Crippen LogP contribution in [0.4, 0.5) is 5.69 Å². The summed E-state index contributed by atoms with van der Waals surface area (Å²) < 4.78 is 29.8. The van der Waals surface area contributed by atoms with Crippen LogP contribution >= 0.6 is 11.6 Å². The molecule has 7 nitrogen and oxygen atoms in total. The van der Waals surface area contributed by atoms with Gasteiger partial charge >= 0.3 is 0 Å². The van der Waals surface area contributed by atoms with Crippen molar-refractivity contribution in [1.29, 1.82) is 0 Å². The molecule has 2 amide bonds. The lowest BCUT2D eigenvalue weighted by Gasteiger charge is -2.34. The second-order valence-corrected chi connectivity index (χ2v) is 14.0.